The average molecular weight is 453 g/mol. The normalized spacial score (nSPS) is 18.5. The van der Waals surface area contributed by atoms with Crippen LogP contribution in [0.4, 0.5) is 18.9 Å². The Balaban J connectivity index is 1.78. The van der Waals surface area contributed by atoms with Gasteiger partial charge in [0.1, 0.15) is 11.1 Å². The van der Waals surface area contributed by atoms with Crippen LogP contribution in [-0.2, 0) is 22.7 Å². The lowest BCUT2D eigenvalue weighted by atomic mass is 10.1. The van der Waals surface area contributed by atoms with E-state index >= 15 is 0 Å². The number of nitrogens with one attached hydrogen (secondary N) is 1. The third-order valence-electron chi connectivity index (χ3n) is 4.86. The fourth-order valence-corrected chi connectivity index (χ4v) is 5.15. The fraction of sp³-hybridized carbons (Fsp3) is 0.143. The quantitative estimate of drug-likeness (QED) is 0.556. The van der Waals surface area contributed by atoms with Gasteiger partial charge >= 0.3 is 6.18 Å². The van der Waals surface area contributed by atoms with E-state index < -0.39 is 27.9 Å². The molecule has 0 saturated heterocycles. The van der Waals surface area contributed by atoms with Gasteiger partial charge in [-0.05, 0) is 47.5 Å². The highest BCUT2D eigenvalue weighted by atomic mass is 35.5. The number of hydrogen-bond donors (Lipinski definition) is 1. The van der Waals surface area contributed by atoms with Crippen molar-refractivity contribution in [3.8, 4) is 0 Å². The van der Waals surface area contributed by atoms with Gasteiger partial charge in [0.05, 0.1) is 11.3 Å². The molecule has 3 aromatic carbocycles. The topological polar surface area (TPSA) is 49.4 Å². The molecule has 0 fully saturated rings. The van der Waals surface area contributed by atoms with Crippen molar-refractivity contribution in [2.24, 2.45) is 0 Å². The smallest absolute Gasteiger partial charge is 0.364 e. The maximum atomic E-state index is 13.4. The second kappa shape index (κ2) is 7.61. The lowest BCUT2D eigenvalue weighted by Crippen LogP contribution is -2.42. The van der Waals surface area contributed by atoms with E-state index in [0.717, 1.165) is 12.1 Å². The molecule has 1 aliphatic heterocycles. The molecule has 156 valence electrons. The van der Waals surface area contributed by atoms with Gasteiger partial charge in [0, 0.05) is 11.6 Å². The van der Waals surface area contributed by atoms with Crippen LogP contribution in [0.15, 0.2) is 77.7 Å². The van der Waals surface area contributed by atoms with Crippen LogP contribution in [0.2, 0.25) is 5.02 Å². The summed E-state index contributed by atoms with van der Waals surface area (Å²) in [5.74, 6) is 0. The molecular formula is C21H16ClF3N2O2S. The molecule has 1 heterocycles. The van der Waals surface area contributed by atoms with Crippen molar-refractivity contribution in [3.05, 3.63) is 94.5 Å². The summed E-state index contributed by atoms with van der Waals surface area (Å²) in [7, 11) is -3.91. The molecule has 0 spiro atoms. The molecule has 4 rings (SSSR count). The van der Waals surface area contributed by atoms with E-state index in [0.29, 0.717) is 21.8 Å². The Morgan fingerprint density at radius 3 is 2.20 bits per heavy atom. The van der Waals surface area contributed by atoms with Crippen molar-refractivity contribution in [3.63, 3.8) is 0 Å². The zero-order valence-corrected chi connectivity index (χ0v) is 17.0. The van der Waals surface area contributed by atoms with Crippen molar-refractivity contribution in [1.82, 2.24) is 4.31 Å². The third-order valence-corrected chi connectivity index (χ3v) is 6.98. The van der Waals surface area contributed by atoms with Gasteiger partial charge < -0.3 is 5.32 Å². The van der Waals surface area contributed by atoms with Gasteiger partial charge in [-0.2, -0.15) is 17.5 Å². The lowest BCUT2D eigenvalue weighted by molar-refractivity contribution is -0.137. The maximum absolute atomic E-state index is 13.4. The maximum Gasteiger partial charge on any atom is 0.416 e. The minimum atomic E-state index is -4.47. The molecule has 0 saturated carbocycles. The summed E-state index contributed by atoms with van der Waals surface area (Å²) in [5.41, 5.74) is 0.695. The monoisotopic (exact) mass is 452 g/mol. The number of anilines is 1. The Bertz CT molecular complexity index is 1160. The molecule has 1 unspecified atom stereocenters. The highest BCUT2D eigenvalue weighted by Crippen LogP contribution is 2.40. The predicted molar refractivity (Wildman–Crippen MR) is 108 cm³/mol. The molecule has 0 aromatic heterocycles. The summed E-state index contributed by atoms with van der Waals surface area (Å²) in [6, 6.07) is 17.7. The van der Waals surface area contributed by atoms with Crippen LogP contribution in [0, 0.1) is 0 Å². The SMILES string of the molecule is O=S1(=O)c2ccccc2NC(c2ccc(C(F)(F)F)cc2)N1Cc1ccc(Cl)cc1. The number of hydrogen-bond acceptors (Lipinski definition) is 3. The number of para-hydroxylation sites is 1. The van der Waals surface area contributed by atoms with Gasteiger partial charge in [-0.25, -0.2) is 8.42 Å². The van der Waals surface area contributed by atoms with Gasteiger partial charge in [0.25, 0.3) is 0 Å². The summed E-state index contributed by atoms with van der Waals surface area (Å²) >= 11 is 5.92. The summed E-state index contributed by atoms with van der Waals surface area (Å²) in [5, 5.41) is 3.66. The minimum absolute atomic E-state index is 0.0204. The lowest BCUT2D eigenvalue weighted by Gasteiger charge is -2.37. The van der Waals surface area contributed by atoms with Gasteiger partial charge in [-0.15, -0.1) is 0 Å². The largest absolute Gasteiger partial charge is 0.416 e. The van der Waals surface area contributed by atoms with E-state index in [-0.39, 0.29) is 11.4 Å². The van der Waals surface area contributed by atoms with Gasteiger partial charge in [-0.3, -0.25) is 0 Å². The molecule has 4 nitrogen and oxygen atoms in total. The number of nitrogens with zero attached hydrogens (tertiary/aromatic N) is 1. The highest BCUT2D eigenvalue weighted by molar-refractivity contribution is 7.89. The van der Waals surface area contributed by atoms with E-state index in [2.05, 4.69) is 5.32 Å². The van der Waals surface area contributed by atoms with Crippen LogP contribution in [0.5, 0.6) is 0 Å². The van der Waals surface area contributed by atoms with Crippen LogP contribution in [0.3, 0.4) is 0 Å². The zero-order chi connectivity index (χ0) is 21.5. The van der Waals surface area contributed by atoms with Crippen LogP contribution >= 0.6 is 11.6 Å². The van der Waals surface area contributed by atoms with Crippen LogP contribution in [-0.4, -0.2) is 12.7 Å². The van der Waals surface area contributed by atoms with Crippen molar-refractivity contribution in [1.29, 1.82) is 0 Å². The molecule has 1 atom stereocenters. The molecule has 1 N–H and O–H groups in total. The molecule has 0 bridgehead atoms. The minimum Gasteiger partial charge on any atom is -0.364 e. The number of rotatable bonds is 3. The molecule has 0 radical (unpaired) electrons. The summed E-state index contributed by atoms with van der Waals surface area (Å²) < 4.78 is 66.8. The first kappa shape index (κ1) is 20.7. The Morgan fingerprint density at radius 1 is 0.933 bits per heavy atom. The second-order valence-electron chi connectivity index (χ2n) is 6.84. The Labute approximate surface area is 177 Å². The van der Waals surface area contributed by atoms with E-state index in [4.69, 9.17) is 11.6 Å². The molecule has 0 aliphatic carbocycles. The first-order valence-corrected chi connectivity index (χ1v) is 10.8. The molecule has 9 heteroatoms. The summed E-state index contributed by atoms with van der Waals surface area (Å²) in [6.45, 7) is 0.0204. The fourth-order valence-electron chi connectivity index (χ4n) is 3.35. The second-order valence-corrected chi connectivity index (χ2v) is 9.13. The summed E-state index contributed by atoms with van der Waals surface area (Å²) in [4.78, 5) is 0.113. The molecule has 1 aliphatic rings. The number of fused-ring (bicyclic) bond motifs is 1. The van der Waals surface area contributed by atoms with Crippen molar-refractivity contribution >= 4 is 27.3 Å². The highest BCUT2D eigenvalue weighted by Gasteiger charge is 2.39. The number of sulfonamides is 1. The average Bonchev–Trinajstić information content (AvgIpc) is 2.71. The Hall–Kier alpha value is -2.55. The van der Waals surface area contributed by atoms with Crippen LogP contribution in [0.25, 0.3) is 0 Å². The van der Waals surface area contributed by atoms with E-state index in [1.807, 2.05) is 0 Å². The first-order chi connectivity index (χ1) is 14.2. The van der Waals surface area contributed by atoms with Crippen molar-refractivity contribution in [2.45, 2.75) is 23.8 Å². The van der Waals surface area contributed by atoms with Crippen molar-refractivity contribution < 1.29 is 21.6 Å². The standard InChI is InChI=1S/C21H16ClF3N2O2S/c22-17-11-5-14(6-12-17)13-27-20(15-7-9-16(10-8-15)21(23,24)25)26-18-3-1-2-4-19(18)30(27,28)29/h1-12,20,26H,13H2. The van der Waals surface area contributed by atoms with E-state index in [1.54, 1.807) is 42.5 Å². The molecule has 30 heavy (non-hydrogen) atoms. The molecule has 0 amide bonds. The molecular weight excluding hydrogens is 437 g/mol. The van der Waals surface area contributed by atoms with Crippen LogP contribution < -0.4 is 5.32 Å². The van der Waals surface area contributed by atoms with E-state index in [9.17, 15) is 21.6 Å². The number of halogens is 4. The Morgan fingerprint density at radius 2 is 1.57 bits per heavy atom. The number of benzene rings is 3. The van der Waals surface area contributed by atoms with Crippen LogP contribution in [0.1, 0.15) is 22.9 Å². The van der Waals surface area contributed by atoms with Gasteiger partial charge in [-0.1, -0.05) is 48.0 Å². The first-order valence-electron chi connectivity index (χ1n) is 8.95. The summed E-state index contributed by atoms with van der Waals surface area (Å²) in [6.07, 6.45) is -5.34. The number of alkyl halides is 3. The van der Waals surface area contributed by atoms with Gasteiger partial charge in [0.2, 0.25) is 10.0 Å². The zero-order valence-electron chi connectivity index (χ0n) is 15.4. The van der Waals surface area contributed by atoms with Gasteiger partial charge in [0.15, 0.2) is 0 Å². The van der Waals surface area contributed by atoms with Crippen molar-refractivity contribution in [2.75, 3.05) is 5.32 Å². The predicted octanol–water partition coefficient (Wildman–Crippen LogP) is 5.67. The Kier molecular flexibility index (Phi) is 5.25. The van der Waals surface area contributed by atoms with E-state index in [1.165, 1.54) is 22.5 Å². The molecule has 3 aromatic rings. The third kappa shape index (κ3) is 3.90.